The molecule has 32 heavy (non-hydrogen) atoms. The quantitative estimate of drug-likeness (QED) is 0.328. The summed E-state index contributed by atoms with van der Waals surface area (Å²) < 4.78 is 0. The molecule has 0 aliphatic heterocycles. The van der Waals surface area contributed by atoms with Crippen molar-refractivity contribution >= 4 is 44.9 Å². The van der Waals surface area contributed by atoms with Gasteiger partial charge in [0.15, 0.2) is 5.82 Å². The molecule has 0 aliphatic rings. The van der Waals surface area contributed by atoms with Crippen LogP contribution in [0.3, 0.4) is 0 Å². The van der Waals surface area contributed by atoms with Crippen LogP contribution in [0.1, 0.15) is 0 Å². The van der Waals surface area contributed by atoms with Crippen LogP contribution in [0.25, 0.3) is 33.2 Å². The predicted molar refractivity (Wildman–Crippen MR) is 127 cm³/mol. The lowest BCUT2D eigenvalue weighted by atomic mass is 10.1. The fourth-order valence-corrected chi connectivity index (χ4v) is 3.56. The number of hydrogen-bond donors (Lipinski definition) is 4. The molecule has 0 radical (unpaired) electrons. The van der Waals surface area contributed by atoms with Crippen LogP contribution in [0.4, 0.5) is 17.2 Å². The smallest absolute Gasteiger partial charge is 0.238 e. The third-order valence-electron chi connectivity index (χ3n) is 5.05. The number of aromatic amines is 1. The molecule has 1 amide bonds. The molecule has 0 saturated carbocycles. The van der Waals surface area contributed by atoms with Crippen LogP contribution >= 0.6 is 0 Å². The minimum atomic E-state index is -0.110. The van der Waals surface area contributed by atoms with Gasteiger partial charge in [0, 0.05) is 27.7 Å². The van der Waals surface area contributed by atoms with Gasteiger partial charge in [-0.3, -0.25) is 9.89 Å². The average molecular weight is 423 g/mol. The van der Waals surface area contributed by atoms with Gasteiger partial charge in [-0.25, -0.2) is 9.97 Å². The Hall–Kier alpha value is -4.30. The minimum Gasteiger partial charge on any atom is -0.340 e. The Labute approximate surface area is 184 Å². The maximum atomic E-state index is 11.9. The second-order valence-corrected chi connectivity index (χ2v) is 7.37. The zero-order valence-corrected chi connectivity index (χ0v) is 17.4. The summed E-state index contributed by atoms with van der Waals surface area (Å²) in [5.74, 6) is 1.17. The Bertz CT molecular complexity index is 1430. The maximum Gasteiger partial charge on any atom is 0.238 e. The first kappa shape index (κ1) is 19.7. The summed E-state index contributed by atoms with van der Waals surface area (Å²) in [7, 11) is 1.73. The number of fused-ring (bicyclic) bond motifs is 2. The number of aromatic nitrogens is 4. The van der Waals surface area contributed by atoms with Gasteiger partial charge in [0.05, 0.1) is 23.8 Å². The fraction of sp³-hybridized carbons (Fsp3) is 0.0833. The van der Waals surface area contributed by atoms with Gasteiger partial charge in [0.25, 0.3) is 0 Å². The number of likely N-dealkylation sites (N-methyl/N-ethyl adjacent to an activating group) is 1. The number of H-pyrrole nitrogens is 1. The topological polar surface area (TPSA) is 108 Å². The van der Waals surface area contributed by atoms with Gasteiger partial charge in [0.1, 0.15) is 5.82 Å². The Morgan fingerprint density at radius 3 is 2.78 bits per heavy atom. The van der Waals surface area contributed by atoms with E-state index in [4.69, 9.17) is 9.97 Å². The third kappa shape index (κ3) is 3.99. The summed E-state index contributed by atoms with van der Waals surface area (Å²) in [5.41, 5.74) is 4.21. The third-order valence-corrected chi connectivity index (χ3v) is 5.05. The van der Waals surface area contributed by atoms with Gasteiger partial charge < -0.3 is 16.0 Å². The average Bonchev–Trinajstić information content (AvgIpc) is 3.27. The number of para-hydroxylation sites is 1. The zero-order valence-electron chi connectivity index (χ0n) is 17.4. The lowest BCUT2D eigenvalue weighted by Gasteiger charge is -2.12. The second-order valence-electron chi connectivity index (χ2n) is 7.37. The van der Waals surface area contributed by atoms with Crippen molar-refractivity contribution in [1.82, 2.24) is 25.5 Å². The number of carbonyl (C=O) groups excluding carboxylic acids is 1. The van der Waals surface area contributed by atoms with Crippen molar-refractivity contribution in [3.63, 3.8) is 0 Å². The normalized spacial score (nSPS) is 11.0. The molecule has 5 aromatic rings. The van der Waals surface area contributed by atoms with Crippen molar-refractivity contribution in [2.24, 2.45) is 0 Å². The molecule has 0 atom stereocenters. The molecule has 2 aromatic heterocycles. The van der Waals surface area contributed by atoms with E-state index in [0.29, 0.717) is 17.3 Å². The van der Waals surface area contributed by atoms with Crippen molar-refractivity contribution < 1.29 is 4.79 Å². The van der Waals surface area contributed by atoms with Crippen molar-refractivity contribution in [2.75, 3.05) is 24.2 Å². The number of rotatable bonds is 6. The van der Waals surface area contributed by atoms with Gasteiger partial charge in [-0.2, -0.15) is 5.10 Å². The standard InChI is InChI=1S/C24H21N7O/c1-25-14-22(32)27-17-6-4-5-15(11-17)23-29-21-8-3-2-7-19(21)24(30-23)28-18-9-10-20-16(12-18)13-26-31-20/h2-13,25H,14H2,1H3,(H,26,31)(H,27,32)(H,28,29,30). The lowest BCUT2D eigenvalue weighted by Crippen LogP contribution is -2.25. The Morgan fingerprint density at radius 2 is 1.88 bits per heavy atom. The number of nitrogens with zero attached hydrogens (tertiary/aromatic N) is 3. The molecule has 158 valence electrons. The summed E-state index contributed by atoms with van der Waals surface area (Å²) in [6.07, 6.45) is 1.79. The van der Waals surface area contributed by atoms with E-state index in [1.807, 2.05) is 66.7 Å². The number of benzene rings is 3. The van der Waals surface area contributed by atoms with Gasteiger partial charge in [-0.1, -0.05) is 24.3 Å². The lowest BCUT2D eigenvalue weighted by molar-refractivity contribution is -0.115. The largest absolute Gasteiger partial charge is 0.340 e. The number of hydrogen-bond acceptors (Lipinski definition) is 6. The van der Waals surface area contributed by atoms with E-state index < -0.39 is 0 Å². The fourth-order valence-electron chi connectivity index (χ4n) is 3.56. The first-order valence-corrected chi connectivity index (χ1v) is 10.2. The predicted octanol–water partition coefficient (Wildman–Crippen LogP) is 4.07. The molecular formula is C24H21N7O. The first-order valence-electron chi connectivity index (χ1n) is 10.2. The summed E-state index contributed by atoms with van der Waals surface area (Å²) in [4.78, 5) is 21.5. The van der Waals surface area contributed by atoms with Crippen LogP contribution in [-0.2, 0) is 4.79 Å². The van der Waals surface area contributed by atoms with Crippen LogP contribution in [0.15, 0.2) is 72.9 Å². The monoisotopic (exact) mass is 423 g/mol. The second kappa shape index (κ2) is 8.44. The molecule has 0 aliphatic carbocycles. The zero-order chi connectivity index (χ0) is 21.9. The van der Waals surface area contributed by atoms with E-state index in [-0.39, 0.29) is 12.5 Å². The molecule has 4 N–H and O–H groups in total. The molecule has 5 rings (SSSR count). The molecule has 0 saturated heterocycles. The van der Waals surface area contributed by atoms with Gasteiger partial charge in [0.2, 0.25) is 5.91 Å². The van der Waals surface area contributed by atoms with Crippen LogP contribution in [0.5, 0.6) is 0 Å². The Kier molecular flexibility index (Phi) is 5.19. The molecule has 0 unspecified atom stereocenters. The highest BCUT2D eigenvalue weighted by molar-refractivity contribution is 5.94. The van der Waals surface area contributed by atoms with Crippen LogP contribution in [0.2, 0.25) is 0 Å². The summed E-state index contributed by atoms with van der Waals surface area (Å²) in [6, 6.07) is 21.4. The molecule has 8 nitrogen and oxygen atoms in total. The van der Waals surface area contributed by atoms with E-state index in [9.17, 15) is 4.79 Å². The van der Waals surface area contributed by atoms with Crippen LogP contribution in [0, 0.1) is 0 Å². The van der Waals surface area contributed by atoms with E-state index in [1.54, 1.807) is 13.2 Å². The molecule has 3 aromatic carbocycles. The molecule has 0 bridgehead atoms. The van der Waals surface area contributed by atoms with Crippen LogP contribution < -0.4 is 16.0 Å². The highest BCUT2D eigenvalue weighted by atomic mass is 16.1. The van der Waals surface area contributed by atoms with Gasteiger partial charge >= 0.3 is 0 Å². The summed E-state index contributed by atoms with van der Waals surface area (Å²) in [5, 5.41) is 18.1. The summed E-state index contributed by atoms with van der Waals surface area (Å²) >= 11 is 0. The van der Waals surface area contributed by atoms with Gasteiger partial charge in [-0.05, 0) is 49.5 Å². The van der Waals surface area contributed by atoms with Crippen LogP contribution in [-0.4, -0.2) is 39.7 Å². The number of amides is 1. The number of anilines is 3. The molecule has 0 spiro atoms. The number of carbonyl (C=O) groups is 1. The first-order chi connectivity index (χ1) is 15.7. The molecule has 2 heterocycles. The Morgan fingerprint density at radius 1 is 0.969 bits per heavy atom. The highest BCUT2D eigenvalue weighted by Gasteiger charge is 2.11. The van der Waals surface area contributed by atoms with E-state index in [0.717, 1.165) is 33.1 Å². The highest BCUT2D eigenvalue weighted by Crippen LogP contribution is 2.29. The minimum absolute atomic E-state index is 0.110. The van der Waals surface area contributed by atoms with E-state index in [2.05, 4.69) is 26.1 Å². The molecular weight excluding hydrogens is 402 g/mol. The summed E-state index contributed by atoms with van der Waals surface area (Å²) in [6.45, 7) is 0.242. The van der Waals surface area contributed by atoms with Crippen molar-refractivity contribution in [2.45, 2.75) is 0 Å². The van der Waals surface area contributed by atoms with Crippen molar-refractivity contribution in [3.05, 3.63) is 72.9 Å². The van der Waals surface area contributed by atoms with Crippen molar-refractivity contribution in [3.8, 4) is 11.4 Å². The van der Waals surface area contributed by atoms with E-state index >= 15 is 0 Å². The van der Waals surface area contributed by atoms with Crippen molar-refractivity contribution in [1.29, 1.82) is 0 Å². The molecule has 0 fully saturated rings. The maximum absolute atomic E-state index is 11.9. The van der Waals surface area contributed by atoms with Gasteiger partial charge in [-0.15, -0.1) is 0 Å². The molecule has 8 heteroatoms. The van der Waals surface area contributed by atoms with E-state index in [1.165, 1.54) is 0 Å². The SMILES string of the molecule is CNCC(=O)Nc1cccc(-c2nc(Nc3ccc4[nH]ncc4c3)c3ccccc3n2)c1. The Balaban J connectivity index is 1.54. The number of nitrogens with one attached hydrogen (secondary N) is 4.